The van der Waals surface area contributed by atoms with E-state index in [-0.39, 0.29) is 12.1 Å². The minimum absolute atomic E-state index is 0.170. The van der Waals surface area contributed by atoms with Crippen LogP contribution in [-0.2, 0) is 0 Å². The summed E-state index contributed by atoms with van der Waals surface area (Å²) >= 11 is 0. The molecule has 0 unspecified atom stereocenters. The second-order valence-corrected chi connectivity index (χ2v) is 5.23. The van der Waals surface area contributed by atoms with Gasteiger partial charge < -0.3 is 10.8 Å². The fourth-order valence-electron chi connectivity index (χ4n) is 3.06. The van der Waals surface area contributed by atoms with Crippen LogP contribution >= 0.6 is 0 Å². The number of aliphatic hydroxyl groups is 1. The Kier molecular flexibility index (Phi) is 2.37. The van der Waals surface area contributed by atoms with E-state index in [2.05, 4.69) is 0 Å². The Balaban J connectivity index is 1.95. The molecule has 2 aliphatic carbocycles. The Morgan fingerprint density at radius 1 is 0.923 bits per heavy atom. The van der Waals surface area contributed by atoms with Gasteiger partial charge in [-0.2, -0.15) is 0 Å². The Labute approximate surface area is 80.5 Å². The van der Waals surface area contributed by atoms with Gasteiger partial charge in [-0.25, -0.2) is 0 Å². The van der Waals surface area contributed by atoms with Crippen molar-refractivity contribution in [1.29, 1.82) is 0 Å². The van der Waals surface area contributed by atoms with Gasteiger partial charge >= 0.3 is 0 Å². The van der Waals surface area contributed by atoms with Crippen molar-refractivity contribution in [2.24, 2.45) is 11.1 Å². The highest BCUT2D eigenvalue weighted by Gasteiger charge is 2.41. The zero-order valence-corrected chi connectivity index (χ0v) is 8.39. The van der Waals surface area contributed by atoms with Crippen LogP contribution in [0, 0.1) is 5.41 Å². The molecule has 2 saturated carbocycles. The molecular weight excluding hydrogens is 162 g/mol. The quantitative estimate of drug-likeness (QED) is 0.651. The minimum Gasteiger partial charge on any atom is -0.394 e. The highest BCUT2D eigenvalue weighted by molar-refractivity contribution is 4.97. The second-order valence-electron chi connectivity index (χ2n) is 5.23. The summed E-state index contributed by atoms with van der Waals surface area (Å²) in [6.07, 6.45) is 10.2. The molecule has 0 heterocycles. The molecule has 1 spiro atoms. The minimum atomic E-state index is -0.242. The van der Waals surface area contributed by atoms with Gasteiger partial charge in [-0.05, 0) is 43.9 Å². The largest absolute Gasteiger partial charge is 0.394 e. The Morgan fingerprint density at radius 3 is 1.92 bits per heavy atom. The summed E-state index contributed by atoms with van der Waals surface area (Å²) in [5, 5.41) is 9.16. The van der Waals surface area contributed by atoms with E-state index in [4.69, 9.17) is 10.8 Å². The molecule has 0 amide bonds. The summed E-state index contributed by atoms with van der Waals surface area (Å²) in [4.78, 5) is 0. The maximum absolute atomic E-state index is 9.16. The average molecular weight is 183 g/mol. The maximum atomic E-state index is 9.16. The number of hydrogen-bond acceptors (Lipinski definition) is 2. The molecule has 2 rings (SSSR count). The van der Waals surface area contributed by atoms with Crippen LogP contribution in [-0.4, -0.2) is 17.3 Å². The van der Waals surface area contributed by atoms with Crippen molar-refractivity contribution in [3.63, 3.8) is 0 Å². The van der Waals surface area contributed by atoms with E-state index < -0.39 is 0 Å². The van der Waals surface area contributed by atoms with Gasteiger partial charge in [0.15, 0.2) is 0 Å². The zero-order chi connectivity index (χ0) is 9.36. The lowest BCUT2D eigenvalue weighted by atomic mass is 9.67. The van der Waals surface area contributed by atoms with E-state index in [9.17, 15) is 0 Å². The van der Waals surface area contributed by atoms with Crippen molar-refractivity contribution in [2.45, 2.75) is 56.9 Å². The van der Waals surface area contributed by atoms with Crippen molar-refractivity contribution < 1.29 is 5.11 Å². The van der Waals surface area contributed by atoms with Gasteiger partial charge in [0.1, 0.15) is 0 Å². The third-order valence-corrected chi connectivity index (χ3v) is 4.29. The first-order valence-corrected chi connectivity index (χ1v) is 5.58. The number of nitrogens with two attached hydrogens (primary N) is 1. The summed E-state index contributed by atoms with van der Waals surface area (Å²) in [5.74, 6) is 0. The molecule has 13 heavy (non-hydrogen) atoms. The van der Waals surface area contributed by atoms with E-state index in [0.29, 0.717) is 5.41 Å². The molecule has 76 valence electrons. The van der Waals surface area contributed by atoms with Gasteiger partial charge in [0.2, 0.25) is 0 Å². The number of rotatable bonds is 1. The highest BCUT2D eigenvalue weighted by atomic mass is 16.3. The van der Waals surface area contributed by atoms with Crippen LogP contribution in [0.2, 0.25) is 0 Å². The number of hydrogen-bond donors (Lipinski definition) is 2. The van der Waals surface area contributed by atoms with Gasteiger partial charge in [-0.15, -0.1) is 0 Å². The van der Waals surface area contributed by atoms with Crippen LogP contribution in [0.3, 0.4) is 0 Å². The smallest absolute Gasteiger partial charge is 0.0611 e. The Bertz CT molecular complexity index is 175. The average Bonchev–Trinajstić information content (AvgIpc) is 2.61. The molecule has 0 aromatic heterocycles. The molecular formula is C11H21NO. The zero-order valence-electron chi connectivity index (χ0n) is 8.39. The SMILES string of the molecule is NC1(CO)CCC2(CCCC2)CC1. The van der Waals surface area contributed by atoms with Crippen LogP contribution < -0.4 is 5.73 Å². The van der Waals surface area contributed by atoms with Gasteiger partial charge in [0, 0.05) is 5.54 Å². The lowest BCUT2D eigenvalue weighted by Crippen LogP contribution is -2.48. The van der Waals surface area contributed by atoms with E-state index in [0.717, 1.165) is 12.8 Å². The molecule has 0 aromatic rings. The second kappa shape index (κ2) is 3.25. The molecule has 0 bridgehead atoms. The molecule has 0 aromatic carbocycles. The third kappa shape index (κ3) is 1.75. The summed E-state index contributed by atoms with van der Waals surface area (Å²) in [6.45, 7) is 0.170. The first kappa shape index (κ1) is 9.47. The van der Waals surface area contributed by atoms with Crippen molar-refractivity contribution in [1.82, 2.24) is 0 Å². The van der Waals surface area contributed by atoms with E-state index >= 15 is 0 Å². The van der Waals surface area contributed by atoms with Crippen molar-refractivity contribution in [2.75, 3.05) is 6.61 Å². The third-order valence-electron chi connectivity index (χ3n) is 4.29. The molecule has 2 fully saturated rings. The van der Waals surface area contributed by atoms with Crippen molar-refractivity contribution >= 4 is 0 Å². The highest BCUT2D eigenvalue weighted by Crippen LogP contribution is 2.50. The lowest BCUT2D eigenvalue weighted by molar-refractivity contribution is 0.0881. The normalized spacial score (nSPS) is 30.9. The summed E-state index contributed by atoms with van der Waals surface area (Å²) in [6, 6.07) is 0. The van der Waals surface area contributed by atoms with Gasteiger partial charge in [-0.1, -0.05) is 12.8 Å². The maximum Gasteiger partial charge on any atom is 0.0611 e. The van der Waals surface area contributed by atoms with Gasteiger partial charge in [0.25, 0.3) is 0 Å². The van der Waals surface area contributed by atoms with Crippen molar-refractivity contribution in [3.05, 3.63) is 0 Å². The first-order chi connectivity index (χ1) is 6.18. The van der Waals surface area contributed by atoms with Crippen LogP contribution in [0.5, 0.6) is 0 Å². The monoisotopic (exact) mass is 183 g/mol. The summed E-state index contributed by atoms with van der Waals surface area (Å²) in [7, 11) is 0. The first-order valence-electron chi connectivity index (χ1n) is 5.58. The van der Waals surface area contributed by atoms with Crippen LogP contribution in [0.4, 0.5) is 0 Å². The Morgan fingerprint density at radius 2 is 1.46 bits per heavy atom. The predicted molar refractivity (Wildman–Crippen MR) is 53.4 cm³/mol. The fourth-order valence-corrected chi connectivity index (χ4v) is 3.06. The predicted octanol–water partition coefficient (Wildman–Crippen LogP) is 1.81. The van der Waals surface area contributed by atoms with Crippen molar-refractivity contribution in [3.8, 4) is 0 Å². The molecule has 0 saturated heterocycles. The van der Waals surface area contributed by atoms with Crippen LogP contribution in [0.25, 0.3) is 0 Å². The lowest BCUT2D eigenvalue weighted by Gasteiger charge is -2.42. The van der Waals surface area contributed by atoms with Gasteiger partial charge in [-0.3, -0.25) is 0 Å². The Hall–Kier alpha value is -0.0800. The summed E-state index contributed by atoms with van der Waals surface area (Å²) < 4.78 is 0. The van der Waals surface area contributed by atoms with Crippen LogP contribution in [0.15, 0.2) is 0 Å². The molecule has 3 N–H and O–H groups in total. The molecule has 2 heteroatoms. The topological polar surface area (TPSA) is 46.2 Å². The number of aliphatic hydroxyl groups excluding tert-OH is 1. The molecule has 2 nitrogen and oxygen atoms in total. The van der Waals surface area contributed by atoms with Gasteiger partial charge in [0.05, 0.1) is 6.61 Å². The molecule has 2 aliphatic rings. The molecule has 0 atom stereocenters. The standard InChI is InChI=1S/C11H21NO/c12-11(9-13)7-5-10(6-8-11)3-1-2-4-10/h13H,1-9,12H2. The van der Waals surface area contributed by atoms with E-state index in [1.54, 1.807) is 0 Å². The molecule has 0 aliphatic heterocycles. The fraction of sp³-hybridized carbons (Fsp3) is 1.00. The summed E-state index contributed by atoms with van der Waals surface area (Å²) in [5.41, 5.74) is 6.45. The van der Waals surface area contributed by atoms with Crippen LogP contribution in [0.1, 0.15) is 51.4 Å². The molecule has 0 radical (unpaired) electrons. The van der Waals surface area contributed by atoms with E-state index in [1.807, 2.05) is 0 Å². The van der Waals surface area contributed by atoms with E-state index in [1.165, 1.54) is 38.5 Å².